The molecule has 24 nitrogen and oxygen atoms in total. The Balaban J connectivity index is 0.971. The number of urea groups is 2. The molecule has 0 bridgehead atoms. The zero-order valence-electron chi connectivity index (χ0n) is 37.3. The predicted molar refractivity (Wildman–Crippen MR) is 255 cm³/mol. The molecule has 67 heavy (non-hydrogen) atoms. The van der Waals surface area contributed by atoms with E-state index >= 15 is 0 Å². The van der Waals surface area contributed by atoms with Crippen LogP contribution in [-0.2, 0) is 14.4 Å². The number of nitrogens with zero attached hydrogens (tertiary/aromatic N) is 12. The Morgan fingerprint density at radius 1 is 0.716 bits per heavy atom. The van der Waals surface area contributed by atoms with Gasteiger partial charge in [0.2, 0.25) is 5.88 Å². The van der Waals surface area contributed by atoms with Crippen LogP contribution >= 0.6 is 0 Å². The van der Waals surface area contributed by atoms with Gasteiger partial charge in [0.1, 0.15) is 55.2 Å². The molecule has 3 aromatic heterocycles. The lowest BCUT2D eigenvalue weighted by atomic mass is 9.96. The van der Waals surface area contributed by atoms with Crippen molar-refractivity contribution in [3.05, 3.63) is 60.3 Å². The molecule has 0 radical (unpaired) electrons. The van der Waals surface area contributed by atoms with Crippen LogP contribution in [0.5, 0.6) is 5.88 Å². The fourth-order valence-electron chi connectivity index (χ4n) is 7.74. The molecule has 24 heteroatoms. The summed E-state index contributed by atoms with van der Waals surface area (Å²) in [5.74, 6) is 2.40. The van der Waals surface area contributed by atoms with Gasteiger partial charge in [-0.15, -0.1) is 0 Å². The lowest BCUT2D eigenvalue weighted by molar-refractivity contribution is 0.114. The average Bonchev–Trinajstić information content (AvgIpc) is 3.35. The number of carbonyl (C=O) groups is 2. The summed E-state index contributed by atoms with van der Waals surface area (Å²) in [6.45, 7) is 7.24. The molecular formula is C43H58N18O6. The van der Waals surface area contributed by atoms with Crippen molar-refractivity contribution in [3.63, 3.8) is 0 Å². The fourth-order valence-corrected chi connectivity index (χ4v) is 7.74. The van der Waals surface area contributed by atoms with Crippen molar-refractivity contribution in [1.82, 2.24) is 34.7 Å². The van der Waals surface area contributed by atoms with Gasteiger partial charge in [0.25, 0.3) is 0 Å². The molecule has 356 valence electrons. The van der Waals surface area contributed by atoms with E-state index in [1.165, 1.54) is 25.3 Å². The third kappa shape index (κ3) is 11.9. The van der Waals surface area contributed by atoms with Gasteiger partial charge in [-0.1, -0.05) is 10.3 Å². The van der Waals surface area contributed by atoms with E-state index < -0.39 is 0 Å². The number of carbonyl (C=O) groups excluding carboxylic acids is 2. The van der Waals surface area contributed by atoms with Gasteiger partial charge in [-0.3, -0.25) is 0 Å². The second kappa shape index (κ2) is 22.7. The Labute approximate surface area is 387 Å². The van der Waals surface area contributed by atoms with E-state index in [1.807, 2.05) is 23.1 Å². The smallest absolute Gasteiger partial charge is 0.322 e. The number of hydrogen-bond acceptors (Lipinski definition) is 20. The van der Waals surface area contributed by atoms with Gasteiger partial charge < -0.3 is 76.8 Å². The van der Waals surface area contributed by atoms with Gasteiger partial charge in [-0.2, -0.15) is 0 Å². The number of piperazine rings is 2. The van der Waals surface area contributed by atoms with Crippen LogP contribution < -0.4 is 52.6 Å². The van der Waals surface area contributed by atoms with E-state index in [0.717, 1.165) is 18.5 Å². The number of nitrogens with one attached hydrogen (secondary N) is 3. The van der Waals surface area contributed by atoms with Crippen LogP contribution in [-0.4, -0.2) is 170 Å². The van der Waals surface area contributed by atoms with Crippen molar-refractivity contribution in [2.75, 3.05) is 141 Å². The van der Waals surface area contributed by atoms with Gasteiger partial charge in [-0.25, -0.2) is 34.5 Å². The number of oxime groups is 2. The topological polar surface area (TPSA) is 291 Å². The lowest BCUT2D eigenvalue weighted by Crippen LogP contribution is -2.50. The van der Waals surface area contributed by atoms with Crippen molar-refractivity contribution in [1.29, 1.82) is 0 Å². The molecule has 4 amide bonds. The molecule has 4 aromatic rings. The summed E-state index contributed by atoms with van der Waals surface area (Å²) >= 11 is 0. The molecule has 6 heterocycles. The number of anilines is 8. The SMILES string of the molecule is NCCO/N=C/c1c(N)ncnc1N1CCN(C(=O)Nc2ccc(N3CCOCC3)cc2Nc2ncnc(N3CCN(C(=O)Nc4ccc(OC5CCC5)nc4)CC3)c2/C=N/OCCN)CC1. The number of aromatic nitrogens is 5. The third-order valence-electron chi connectivity index (χ3n) is 11.6. The zero-order valence-corrected chi connectivity index (χ0v) is 37.3. The van der Waals surface area contributed by atoms with Crippen molar-refractivity contribution in [3.8, 4) is 5.88 Å². The van der Waals surface area contributed by atoms with Crippen LogP contribution in [0.1, 0.15) is 30.4 Å². The summed E-state index contributed by atoms with van der Waals surface area (Å²) < 4.78 is 11.5. The standard InChI is InChI=1S/C43H58N18O6/c44-8-20-65-52-26-33-38(46)48-28-50-40(33)58-10-16-61(17-11-58)43(63)56-35-6-5-31(57-18-22-64-23-19-57)24-36(35)55-39-34(27-53-66-21-9-45)41(51-29-49-39)59-12-14-60(15-13-59)42(62)54-30-4-7-37(47-25-30)67-32-2-1-3-32/h4-7,24-29,32H,1-3,8-23,44-45H2,(H,54,62)(H,56,63)(H2,46,48,50)(H,49,51,55)/b52-26+,53-27+. The van der Waals surface area contributed by atoms with Gasteiger partial charge in [-0.05, 0) is 43.5 Å². The molecule has 8 rings (SSSR count). The van der Waals surface area contributed by atoms with Gasteiger partial charge in [0.15, 0.2) is 0 Å². The van der Waals surface area contributed by atoms with E-state index in [1.54, 1.807) is 34.3 Å². The minimum absolute atomic E-state index is 0.209. The van der Waals surface area contributed by atoms with Crippen LogP contribution in [0.15, 0.2) is 59.5 Å². The summed E-state index contributed by atoms with van der Waals surface area (Å²) in [6.07, 6.45) is 11.0. The molecule has 4 fully saturated rings. The largest absolute Gasteiger partial charge is 0.474 e. The Hall–Kier alpha value is -7.31. The molecule has 1 aromatic carbocycles. The zero-order chi connectivity index (χ0) is 46.4. The van der Waals surface area contributed by atoms with Crippen molar-refractivity contribution >= 4 is 70.5 Å². The summed E-state index contributed by atoms with van der Waals surface area (Å²) in [4.78, 5) is 70.1. The number of nitrogen functional groups attached to an aromatic ring is 1. The van der Waals surface area contributed by atoms with Crippen LogP contribution in [0.3, 0.4) is 0 Å². The van der Waals surface area contributed by atoms with Gasteiger partial charge in [0, 0.05) is 90.3 Å². The number of morpholine rings is 1. The highest BCUT2D eigenvalue weighted by Gasteiger charge is 2.28. The third-order valence-corrected chi connectivity index (χ3v) is 11.6. The summed E-state index contributed by atoms with van der Waals surface area (Å²) in [5, 5.41) is 17.8. The predicted octanol–water partition coefficient (Wildman–Crippen LogP) is 2.08. The molecule has 0 atom stereocenters. The molecule has 3 saturated heterocycles. The van der Waals surface area contributed by atoms with Crippen LogP contribution in [0.4, 0.5) is 55.6 Å². The first-order chi connectivity index (χ1) is 32.9. The number of nitrogens with two attached hydrogens (primary N) is 3. The number of ether oxygens (including phenoxy) is 2. The van der Waals surface area contributed by atoms with Crippen molar-refractivity contribution in [2.24, 2.45) is 21.8 Å². The Morgan fingerprint density at radius 3 is 1.96 bits per heavy atom. The molecule has 1 saturated carbocycles. The van der Waals surface area contributed by atoms with E-state index in [2.05, 4.69) is 56.0 Å². The second-order valence-corrected chi connectivity index (χ2v) is 16.0. The number of pyridine rings is 1. The highest BCUT2D eigenvalue weighted by atomic mass is 16.6. The van der Waals surface area contributed by atoms with Crippen LogP contribution in [0.25, 0.3) is 0 Å². The van der Waals surface area contributed by atoms with E-state index in [4.69, 9.17) is 41.3 Å². The molecule has 0 spiro atoms. The molecule has 1 aliphatic carbocycles. The van der Waals surface area contributed by atoms with Crippen molar-refractivity contribution in [2.45, 2.75) is 25.4 Å². The first kappa shape index (κ1) is 46.2. The summed E-state index contributed by atoms with van der Waals surface area (Å²) in [7, 11) is 0. The summed E-state index contributed by atoms with van der Waals surface area (Å²) in [6, 6.07) is 8.90. The van der Waals surface area contributed by atoms with E-state index in [-0.39, 0.29) is 43.7 Å². The minimum Gasteiger partial charge on any atom is -0.474 e. The first-order valence-electron chi connectivity index (χ1n) is 22.5. The maximum atomic E-state index is 14.0. The Bertz CT molecular complexity index is 2330. The van der Waals surface area contributed by atoms with Crippen LogP contribution in [0, 0.1) is 0 Å². The molecular weight excluding hydrogens is 865 g/mol. The average molecular weight is 923 g/mol. The van der Waals surface area contributed by atoms with Crippen molar-refractivity contribution < 1.29 is 28.7 Å². The van der Waals surface area contributed by atoms with Crippen LogP contribution in [0.2, 0.25) is 0 Å². The molecule has 4 aliphatic rings. The minimum atomic E-state index is -0.283. The first-order valence-corrected chi connectivity index (χ1v) is 22.5. The maximum absolute atomic E-state index is 14.0. The lowest BCUT2D eigenvalue weighted by Gasteiger charge is -2.36. The van der Waals surface area contributed by atoms with E-state index in [9.17, 15) is 9.59 Å². The maximum Gasteiger partial charge on any atom is 0.322 e. The Morgan fingerprint density at radius 2 is 1.34 bits per heavy atom. The number of benzene rings is 1. The number of rotatable bonds is 17. The number of amides is 4. The fraction of sp³-hybridized carbons (Fsp3) is 0.465. The Kier molecular flexibility index (Phi) is 15.7. The highest BCUT2D eigenvalue weighted by Crippen LogP contribution is 2.34. The number of hydrogen-bond donors (Lipinski definition) is 6. The normalized spacial score (nSPS) is 16.8. The summed E-state index contributed by atoms with van der Waals surface area (Å²) in [5.41, 5.74) is 21.1. The molecule has 9 N–H and O–H groups in total. The van der Waals surface area contributed by atoms with E-state index in [0.29, 0.717) is 137 Å². The van der Waals surface area contributed by atoms with Gasteiger partial charge in [0.05, 0.1) is 60.0 Å². The molecule has 0 unspecified atom stereocenters. The second-order valence-electron chi connectivity index (χ2n) is 16.0. The quantitative estimate of drug-likeness (QED) is 0.0502. The highest BCUT2D eigenvalue weighted by molar-refractivity contribution is 5.98. The monoisotopic (exact) mass is 922 g/mol. The molecule has 3 aliphatic heterocycles. The van der Waals surface area contributed by atoms with Gasteiger partial charge >= 0.3 is 12.1 Å².